The van der Waals surface area contributed by atoms with Crippen LogP contribution in [-0.4, -0.2) is 23.2 Å². The summed E-state index contributed by atoms with van der Waals surface area (Å²) in [5.74, 6) is -0.196. The molecule has 1 aromatic heterocycles. The van der Waals surface area contributed by atoms with E-state index in [1.165, 1.54) is 13.1 Å². The first kappa shape index (κ1) is 19.6. The van der Waals surface area contributed by atoms with E-state index in [0.717, 1.165) is 11.3 Å². The fraction of sp³-hybridized carbons (Fsp3) is 0.136. The number of anilines is 2. The number of Topliss-reactive ketones (excluding diaryl/α,β-unsaturated/α-hetero) is 1. The summed E-state index contributed by atoms with van der Waals surface area (Å²) in [5, 5.41) is 6.76. The molecule has 2 aromatic carbocycles. The van der Waals surface area contributed by atoms with Gasteiger partial charge in [-0.3, -0.25) is 14.6 Å². The van der Waals surface area contributed by atoms with Crippen molar-refractivity contribution >= 4 is 34.7 Å². The Morgan fingerprint density at radius 2 is 1.71 bits per heavy atom. The van der Waals surface area contributed by atoms with Crippen molar-refractivity contribution in [3.8, 4) is 0 Å². The van der Waals surface area contributed by atoms with Crippen LogP contribution in [0.15, 0.2) is 67.0 Å². The monoisotopic (exact) mass is 393 g/mol. The van der Waals surface area contributed by atoms with Crippen LogP contribution in [0, 0.1) is 0 Å². The Kier molecular flexibility index (Phi) is 6.40. The van der Waals surface area contributed by atoms with Crippen molar-refractivity contribution in [3.05, 3.63) is 88.7 Å². The lowest BCUT2D eigenvalue weighted by Gasteiger charge is -2.09. The van der Waals surface area contributed by atoms with Crippen molar-refractivity contribution < 1.29 is 9.59 Å². The van der Waals surface area contributed by atoms with E-state index in [9.17, 15) is 9.59 Å². The minimum atomic E-state index is -0.192. The third-order valence-electron chi connectivity index (χ3n) is 4.17. The van der Waals surface area contributed by atoms with Crippen molar-refractivity contribution in [2.45, 2.75) is 13.3 Å². The molecule has 142 valence electrons. The maximum absolute atomic E-state index is 12.4. The van der Waals surface area contributed by atoms with E-state index in [1.54, 1.807) is 30.5 Å². The van der Waals surface area contributed by atoms with Gasteiger partial charge in [0.1, 0.15) is 0 Å². The Morgan fingerprint density at radius 1 is 0.964 bits per heavy atom. The topological polar surface area (TPSA) is 71.1 Å². The van der Waals surface area contributed by atoms with Gasteiger partial charge in [-0.1, -0.05) is 35.9 Å². The first-order valence-electron chi connectivity index (χ1n) is 8.87. The van der Waals surface area contributed by atoms with Gasteiger partial charge in [0.05, 0.1) is 17.4 Å². The molecule has 2 N–H and O–H groups in total. The second kappa shape index (κ2) is 9.15. The lowest BCUT2D eigenvalue weighted by molar-refractivity contribution is 0.0952. The van der Waals surface area contributed by atoms with Gasteiger partial charge in [0, 0.05) is 29.0 Å². The predicted molar refractivity (Wildman–Crippen MR) is 111 cm³/mol. The number of ketones is 1. The van der Waals surface area contributed by atoms with Crippen LogP contribution in [0.25, 0.3) is 0 Å². The molecule has 3 aromatic rings. The molecule has 0 aliphatic rings. The summed E-state index contributed by atoms with van der Waals surface area (Å²) in [4.78, 5) is 28.0. The third-order valence-corrected chi connectivity index (χ3v) is 4.42. The molecule has 0 saturated heterocycles. The average molecular weight is 394 g/mol. The molecule has 0 aliphatic carbocycles. The molecule has 5 nitrogen and oxygen atoms in total. The summed E-state index contributed by atoms with van der Waals surface area (Å²) in [7, 11) is 0. The number of amides is 1. The van der Waals surface area contributed by atoms with Gasteiger partial charge in [0.15, 0.2) is 5.78 Å². The first-order chi connectivity index (χ1) is 13.5. The lowest BCUT2D eigenvalue weighted by Crippen LogP contribution is -2.25. The zero-order chi connectivity index (χ0) is 19.9. The van der Waals surface area contributed by atoms with E-state index >= 15 is 0 Å². The molecule has 0 spiro atoms. The molecule has 0 radical (unpaired) electrons. The summed E-state index contributed by atoms with van der Waals surface area (Å²) in [6.07, 6.45) is 3.87. The first-order valence-corrected chi connectivity index (χ1v) is 9.25. The number of aromatic nitrogens is 1. The second-order valence-electron chi connectivity index (χ2n) is 6.36. The largest absolute Gasteiger partial charge is 0.354 e. The van der Waals surface area contributed by atoms with Crippen molar-refractivity contribution in [3.63, 3.8) is 0 Å². The molecule has 28 heavy (non-hydrogen) atoms. The zero-order valence-electron chi connectivity index (χ0n) is 15.4. The van der Waals surface area contributed by atoms with Gasteiger partial charge in [-0.15, -0.1) is 0 Å². The Morgan fingerprint density at radius 3 is 2.46 bits per heavy atom. The molecule has 3 rings (SSSR count). The fourth-order valence-electron chi connectivity index (χ4n) is 2.69. The number of carbonyl (C=O) groups excluding carboxylic acids is 2. The number of benzene rings is 2. The quantitative estimate of drug-likeness (QED) is 0.573. The van der Waals surface area contributed by atoms with Crippen molar-refractivity contribution in [2.24, 2.45) is 0 Å². The maximum Gasteiger partial charge on any atom is 0.252 e. The highest BCUT2D eigenvalue weighted by atomic mass is 35.5. The molecule has 0 saturated carbocycles. The number of hydrogen-bond acceptors (Lipinski definition) is 4. The lowest BCUT2D eigenvalue weighted by atomic mass is 10.1. The maximum atomic E-state index is 12.4. The smallest absolute Gasteiger partial charge is 0.252 e. The number of carbonyl (C=O) groups is 2. The van der Waals surface area contributed by atoms with E-state index in [2.05, 4.69) is 15.6 Å². The van der Waals surface area contributed by atoms with Gasteiger partial charge in [-0.05, 0) is 49.2 Å². The van der Waals surface area contributed by atoms with Gasteiger partial charge in [-0.2, -0.15) is 0 Å². The molecule has 0 unspecified atom stereocenters. The Balaban J connectivity index is 1.60. The predicted octanol–water partition coefficient (Wildman–Crippen LogP) is 4.65. The second-order valence-corrected chi connectivity index (χ2v) is 6.79. The molecular weight excluding hydrogens is 374 g/mol. The van der Waals surface area contributed by atoms with Crippen LogP contribution in [-0.2, 0) is 6.42 Å². The number of nitrogens with one attached hydrogen (secondary N) is 2. The van der Waals surface area contributed by atoms with Crippen molar-refractivity contribution in [1.82, 2.24) is 10.3 Å². The third kappa shape index (κ3) is 5.41. The Hall–Kier alpha value is -3.18. The van der Waals surface area contributed by atoms with E-state index in [0.29, 0.717) is 34.8 Å². The summed E-state index contributed by atoms with van der Waals surface area (Å²) in [5.41, 5.74) is 3.61. The molecule has 6 heteroatoms. The number of hydrogen-bond donors (Lipinski definition) is 2. The van der Waals surface area contributed by atoms with E-state index in [-0.39, 0.29) is 11.7 Å². The minimum Gasteiger partial charge on any atom is -0.354 e. The summed E-state index contributed by atoms with van der Waals surface area (Å²) in [6.45, 7) is 2.04. The molecule has 0 aliphatic heterocycles. The standard InChI is InChI=1S/C22H20ClN3O2/c1-15(27)17-3-2-4-20(11-17)26-21-12-18(13-24-14-21)22(28)25-10-9-16-5-7-19(23)8-6-16/h2-8,11-14,26H,9-10H2,1H3,(H,25,28). The summed E-state index contributed by atoms with van der Waals surface area (Å²) < 4.78 is 0. The Labute approximate surface area is 168 Å². The average Bonchev–Trinajstić information content (AvgIpc) is 2.70. The number of rotatable bonds is 7. The van der Waals surface area contributed by atoms with Gasteiger partial charge in [0.2, 0.25) is 0 Å². The van der Waals surface area contributed by atoms with Crippen LogP contribution in [0.4, 0.5) is 11.4 Å². The van der Waals surface area contributed by atoms with Crippen molar-refractivity contribution in [1.29, 1.82) is 0 Å². The van der Waals surface area contributed by atoms with Crippen LogP contribution in [0.2, 0.25) is 5.02 Å². The highest BCUT2D eigenvalue weighted by Gasteiger charge is 2.08. The molecular formula is C22H20ClN3O2. The zero-order valence-corrected chi connectivity index (χ0v) is 16.2. The molecule has 0 bridgehead atoms. The van der Waals surface area contributed by atoms with Crippen LogP contribution in [0.1, 0.15) is 33.2 Å². The molecule has 1 heterocycles. The SMILES string of the molecule is CC(=O)c1cccc(Nc2cncc(C(=O)NCCc3ccc(Cl)cc3)c2)c1. The van der Waals surface area contributed by atoms with E-state index in [4.69, 9.17) is 11.6 Å². The van der Waals surface area contributed by atoms with Crippen LogP contribution < -0.4 is 10.6 Å². The molecule has 1 amide bonds. The minimum absolute atomic E-state index is 0.00408. The highest BCUT2D eigenvalue weighted by Crippen LogP contribution is 2.18. The van der Waals surface area contributed by atoms with E-state index < -0.39 is 0 Å². The van der Waals surface area contributed by atoms with Crippen LogP contribution >= 0.6 is 11.6 Å². The molecule has 0 atom stereocenters. The van der Waals surface area contributed by atoms with Gasteiger partial charge >= 0.3 is 0 Å². The number of halogens is 1. The molecule has 0 fully saturated rings. The number of pyridine rings is 1. The number of nitrogens with zero attached hydrogens (tertiary/aromatic N) is 1. The normalized spacial score (nSPS) is 10.4. The van der Waals surface area contributed by atoms with E-state index in [1.807, 2.05) is 30.3 Å². The van der Waals surface area contributed by atoms with Gasteiger partial charge in [0.25, 0.3) is 5.91 Å². The van der Waals surface area contributed by atoms with Gasteiger partial charge < -0.3 is 10.6 Å². The highest BCUT2D eigenvalue weighted by molar-refractivity contribution is 6.30. The van der Waals surface area contributed by atoms with Crippen LogP contribution in [0.5, 0.6) is 0 Å². The van der Waals surface area contributed by atoms with Crippen LogP contribution in [0.3, 0.4) is 0 Å². The summed E-state index contributed by atoms with van der Waals surface area (Å²) in [6, 6.07) is 16.5. The Bertz CT molecular complexity index is 987. The van der Waals surface area contributed by atoms with Crippen molar-refractivity contribution in [2.75, 3.05) is 11.9 Å². The van der Waals surface area contributed by atoms with Gasteiger partial charge in [-0.25, -0.2) is 0 Å². The summed E-state index contributed by atoms with van der Waals surface area (Å²) >= 11 is 5.87. The fourth-order valence-corrected chi connectivity index (χ4v) is 2.81.